The normalized spacial score (nSPS) is 10.9. The predicted molar refractivity (Wildman–Crippen MR) is 102 cm³/mol. The zero-order valence-electron chi connectivity index (χ0n) is 15.8. The maximum absolute atomic E-state index is 12.3. The molecule has 0 radical (unpaired) electrons. The summed E-state index contributed by atoms with van der Waals surface area (Å²) < 4.78 is 5.57. The van der Waals surface area contributed by atoms with E-state index in [9.17, 15) is 9.59 Å². The number of rotatable bonds is 5. The first-order valence-corrected chi connectivity index (χ1v) is 8.76. The summed E-state index contributed by atoms with van der Waals surface area (Å²) >= 11 is 0. The van der Waals surface area contributed by atoms with Gasteiger partial charge in [-0.1, -0.05) is 52.0 Å². The van der Waals surface area contributed by atoms with Crippen LogP contribution in [0.15, 0.2) is 48.5 Å². The lowest BCUT2D eigenvalue weighted by molar-refractivity contribution is 0.0844. The second-order valence-corrected chi connectivity index (χ2v) is 7.08. The molecule has 2 amide bonds. The van der Waals surface area contributed by atoms with Gasteiger partial charge in [0, 0.05) is 5.56 Å². The van der Waals surface area contributed by atoms with Gasteiger partial charge in [0.05, 0.1) is 12.2 Å². The molecular formula is C21H26N2O3. The highest BCUT2D eigenvalue weighted by Gasteiger charge is 2.16. The molecule has 5 nitrogen and oxygen atoms in total. The first-order chi connectivity index (χ1) is 12.3. The van der Waals surface area contributed by atoms with Crippen molar-refractivity contribution in [2.75, 3.05) is 6.61 Å². The highest BCUT2D eigenvalue weighted by Crippen LogP contribution is 2.22. The number of carbonyl (C=O) groups excluding carboxylic acids is 2. The van der Waals surface area contributed by atoms with Gasteiger partial charge in [-0.3, -0.25) is 20.4 Å². The van der Waals surface area contributed by atoms with Crippen LogP contribution in [0.25, 0.3) is 0 Å². The van der Waals surface area contributed by atoms with Gasteiger partial charge in [0.25, 0.3) is 11.8 Å². The summed E-state index contributed by atoms with van der Waals surface area (Å²) in [6, 6.07) is 14.3. The molecule has 2 rings (SSSR count). The van der Waals surface area contributed by atoms with Crippen molar-refractivity contribution >= 4 is 11.8 Å². The summed E-state index contributed by atoms with van der Waals surface area (Å²) in [5, 5.41) is 0. The van der Waals surface area contributed by atoms with Crippen molar-refractivity contribution in [3.63, 3.8) is 0 Å². The minimum atomic E-state index is -0.420. The van der Waals surface area contributed by atoms with Crippen molar-refractivity contribution in [2.24, 2.45) is 0 Å². The second kappa shape index (κ2) is 8.52. The zero-order valence-corrected chi connectivity index (χ0v) is 15.8. The average molecular weight is 354 g/mol. The van der Waals surface area contributed by atoms with E-state index < -0.39 is 5.91 Å². The SMILES string of the molecule is CCCOc1ccccc1C(=O)NNC(=O)c1ccc(C(C)(C)C)cc1. The Morgan fingerprint density at radius 1 is 0.923 bits per heavy atom. The molecule has 0 aliphatic carbocycles. The number of nitrogens with one attached hydrogen (secondary N) is 2. The first-order valence-electron chi connectivity index (χ1n) is 8.76. The highest BCUT2D eigenvalue weighted by atomic mass is 16.5. The van der Waals surface area contributed by atoms with E-state index in [0.29, 0.717) is 23.5 Å². The molecule has 138 valence electrons. The van der Waals surface area contributed by atoms with Gasteiger partial charge in [0.1, 0.15) is 5.75 Å². The third-order valence-corrected chi connectivity index (χ3v) is 3.90. The van der Waals surface area contributed by atoms with Gasteiger partial charge in [0.2, 0.25) is 0 Å². The van der Waals surface area contributed by atoms with Gasteiger partial charge in [0.15, 0.2) is 0 Å². The third-order valence-electron chi connectivity index (χ3n) is 3.90. The fraction of sp³-hybridized carbons (Fsp3) is 0.333. The number of carbonyl (C=O) groups is 2. The minimum absolute atomic E-state index is 0.0193. The van der Waals surface area contributed by atoms with Gasteiger partial charge in [-0.05, 0) is 41.7 Å². The van der Waals surface area contributed by atoms with E-state index >= 15 is 0 Å². The van der Waals surface area contributed by atoms with Crippen molar-refractivity contribution in [1.29, 1.82) is 0 Å². The van der Waals surface area contributed by atoms with Crippen LogP contribution in [-0.2, 0) is 5.41 Å². The molecule has 2 N–H and O–H groups in total. The maximum Gasteiger partial charge on any atom is 0.273 e. The zero-order chi connectivity index (χ0) is 19.2. The molecule has 5 heteroatoms. The molecule has 0 fully saturated rings. The van der Waals surface area contributed by atoms with E-state index in [0.717, 1.165) is 12.0 Å². The number of hydrogen-bond donors (Lipinski definition) is 2. The van der Waals surface area contributed by atoms with E-state index in [2.05, 4.69) is 31.6 Å². The fourth-order valence-corrected chi connectivity index (χ4v) is 2.37. The van der Waals surface area contributed by atoms with Gasteiger partial charge in [-0.15, -0.1) is 0 Å². The number of benzene rings is 2. The molecule has 0 spiro atoms. The van der Waals surface area contributed by atoms with Crippen LogP contribution in [0.2, 0.25) is 0 Å². The Hall–Kier alpha value is -2.82. The van der Waals surface area contributed by atoms with Crippen LogP contribution >= 0.6 is 0 Å². The lowest BCUT2D eigenvalue weighted by Gasteiger charge is -2.19. The molecule has 0 saturated carbocycles. The van der Waals surface area contributed by atoms with Crippen LogP contribution in [0, 0.1) is 0 Å². The van der Waals surface area contributed by atoms with E-state index in [-0.39, 0.29) is 11.3 Å². The molecular weight excluding hydrogens is 328 g/mol. The lowest BCUT2D eigenvalue weighted by Crippen LogP contribution is -2.41. The Labute approximate surface area is 154 Å². The Balaban J connectivity index is 2.00. The summed E-state index contributed by atoms with van der Waals surface area (Å²) in [5.41, 5.74) is 6.90. The molecule has 0 saturated heterocycles. The van der Waals surface area contributed by atoms with Crippen LogP contribution in [-0.4, -0.2) is 18.4 Å². The molecule has 0 aliphatic rings. The largest absolute Gasteiger partial charge is 0.493 e. The minimum Gasteiger partial charge on any atom is -0.493 e. The van der Waals surface area contributed by atoms with Crippen LogP contribution in [0.5, 0.6) is 5.75 Å². The molecule has 26 heavy (non-hydrogen) atoms. The summed E-state index contributed by atoms with van der Waals surface area (Å²) in [7, 11) is 0. The van der Waals surface area contributed by atoms with Crippen molar-refractivity contribution in [1.82, 2.24) is 10.9 Å². The number of amides is 2. The Bertz CT molecular complexity index is 762. The number of hydrazine groups is 1. The molecule has 0 bridgehead atoms. The van der Waals surface area contributed by atoms with Crippen LogP contribution < -0.4 is 15.6 Å². The quantitative estimate of drug-likeness (QED) is 0.802. The molecule has 0 heterocycles. The average Bonchev–Trinajstić information content (AvgIpc) is 2.63. The fourth-order valence-electron chi connectivity index (χ4n) is 2.37. The van der Waals surface area contributed by atoms with Gasteiger partial charge in [-0.2, -0.15) is 0 Å². The number of para-hydroxylation sites is 1. The Kier molecular flexibility index (Phi) is 6.39. The standard InChI is InChI=1S/C21H26N2O3/c1-5-14-26-18-9-7-6-8-17(18)20(25)23-22-19(24)15-10-12-16(13-11-15)21(2,3)4/h6-13H,5,14H2,1-4H3,(H,22,24)(H,23,25). The molecule has 2 aromatic carbocycles. The third kappa shape index (κ3) is 5.09. The topological polar surface area (TPSA) is 67.4 Å². The van der Waals surface area contributed by atoms with E-state index in [1.54, 1.807) is 36.4 Å². The van der Waals surface area contributed by atoms with Crippen molar-refractivity contribution in [3.05, 3.63) is 65.2 Å². The van der Waals surface area contributed by atoms with Crippen molar-refractivity contribution < 1.29 is 14.3 Å². The highest BCUT2D eigenvalue weighted by molar-refractivity contribution is 6.00. The molecule has 0 unspecified atom stereocenters. The lowest BCUT2D eigenvalue weighted by atomic mass is 9.87. The number of hydrogen-bond acceptors (Lipinski definition) is 3. The van der Waals surface area contributed by atoms with Gasteiger partial charge >= 0.3 is 0 Å². The molecule has 0 aromatic heterocycles. The molecule has 2 aromatic rings. The van der Waals surface area contributed by atoms with Crippen LogP contribution in [0.4, 0.5) is 0 Å². The second-order valence-electron chi connectivity index (χ2n) is 7.08. The Morgan fingerprint density at radius 3 is 2.15 bits per heavy atom. The monoisotopic (exact) mass is 354 g/mol. The smallest absolute Gasteiger partial charge is 0.273 e. The van der Waals surface area contributed by atoms with Crippen LogP contribution in [0.3, 0.4) is 0 Å². The Morgan fingerprint density at radius 2 is 1.54 bits per heavy atom. The molecule has 0 atom stereocenters. The van der Waals surface area contributed by atoms with Crippen molar-refractivity contribution in [2.45, 2.75) is 39.5 Å². The number of ether oxygens (including phenoxy) is 1. The van der Waals surface area contributed by atoms with Gasteiger partial charge in [-0.25, -0.2) is 0 Å². The van der Waals surface area contributed by atoms with Gasteiger partial charge < -0.3 is 4.74 Å². The summed E-state index contributed by atoms with van der Waals surface area (Å²) in [5.74, 6) is -0.294. The van der Waals surface area contributed by atoms with E-state index in [1.165, 1.54) is 0 Å². The van der Waals surface area contributed by atoms with E-state index in [1.807, 2.05) is 19.1 Å². The maximum atomic E-state index is 12.3. The molecule has 0 aliphatic heterocycles. The predicted octanol–water partition coefficient (Wildman–Crippen LogP) is 3.85. The first kappa shape index (κ1) is 19.5. The van der Waals surface area contributed by atoms with Crippen LogP contribution in [0.1, 0.15) is 60.4 Å². The van der Waals surface area contributed by atoms with E-state index in [4.69, 9.17) is 4.74 Å². The summed E-state index contributed by atoms with van der Waals surface area (Å²) in [6.07, 6.45) is 0.844. The summed E-state index contributed by atoms with van der Waals surface area (Å²) in [6.45, 7) is 8.85. The summed E-state index contributed by atoms with van der Waals surface area (Å²) in [4.78, 5) is 24.6. The van der Waals surface area contributed by atoms with Crippen molar-refractivity contribution in [3.8, 4) is 5.75 Å².